The van der Waals surface area contributed by atoms with Crippen LogP contribution in [0.15, 0.2) is 12.1 Å². The molecule has 0 aliphatic rings. The van der Waals surface area contributed by atoms with E-state index in [1.54, 1.807) is 17.4 Å². The Morgan fingerprint density at radius 3 is 2.83 bits per heavy atom. The van der Waals surface area contributed by atoms with Gasteiger partial charge < -0.3 is 10.1 Å². The normalized spacial score (nSPS) is 11.5. The van der Waals surface area contributed by atoms with E-state index in [0.29, 0.717) is 22.0 Å². The lowest BCUT2D eigenvalue weighted by Crippen LogP contribution is -2.03. The number of carboxylic acid groups (broad SMARTS) is 1. The Labute approximate surface area is 107 Å². The number of H-pyrrole nitrogens is 1. The van der Waals surface area contributed by atoms with Crippen LogP contribution in [-0.2, 0) is 0 Å². The number of nitrogens with one attached hydrogen (secondary N) is 1. The number of aromatic amines is 1. The van der Waals surface area contributed by atoms with E-state index < -0.39 is 5.97 Å². The zero-order valence-electron chi connectivity index (χ0n) is 9.78. The monoisotopic (exact) mass is 263 g/mol. The van der Waals surface area contributed by atoms with Crippen LogP contribution in [-0.4, -0.2) is 25.4 Å². The summed E-state index contributed by atoms with van der Waals surface area (Å²) < 4.78 is 1.59. The topological polar surface area (TPSA) is 70.4 Å². The second kappa shape index (κ2) is 3.49. The fraction of sp³-hybridized carbons (Fsp3) is 0.167. The minimum atomic E-state index is -0.990. The summed E-state index contributed by atoms with van der Waals surface area (Å²) in [5.74, 6) is -0.471. The standard InChI is InChI=1S/C12H10ClN3O2/c1-5-3-7(13)4-8-9(5)15-12-14-6(2)10(11(17)18)16(8)12/h3-4H,1-2H3,(H,14,15)(H,17,18). The van der Waals surface area contributed by atoms with Gasteiger partial charge in [-0.1, -0.05) is 11.6 Å². The lowest BCUT2D eigenvalue weighted by Gasteiger charge is -1.99. The number of nitrogens with zero attached hydrogens (tertiary/aromatic N) is 2. The second-order valence-corrected chi connectivity index (χ2v) is 4.70. The molecule has 18 heavy (non-hydrogen) atoms. The maximum Gasteiger partial charge on any atom is 0.354 e. The summed E-state index contributed by atoms with van der Waals surface area (Å²) in [5.41, 5.74) is 3.15. The zero-order chi connectivity index (χ0) is 13.0. The predicted octanol–water partition coefficient (Wildman–Crippen LogP) is 2.78. The highest BCUT2D eigenvalue weighted by molar-refractivity contribution is 6.31. The smallest absolute Gasteiger partial charge is 0.354 e. The van der Waals surface area contributed by atoms with Crippen LogP contribution >= 0.6 is 11.6 Å². The molecule has 0 radical (unpaired) electrons. The van der Waals surface area contributed by atoms with Gasteiger partial charge in [0.05, 0.1) is 11.0 Å². The zero-order valence-corrected chi connectivity index (χ0v) is 10.5. The van der Waals surface area contributed by atoms with E-state index in [1.807, 2.05) is 13.0 Å². The van der Waals surface area contributed by atoms with Gasteiger partial charge in [-0.05, 0) is 31.5 Å². The summed E-state index contributed by atoms with van der Waals surface area (Å²) in [6.07, 6.45) is 0. The summed E-state index contributed by atoms with van der Waals surface area (Å²) in [4.78, 5) is 18.7. The van der Waals surface area contributed by atoms with E-state index in [1.165, 1.54) is 0 Å². The molecule has 6 heteroatoms. The van der Waals surface area contributed by atoms with Crippen molar-refractivity contribution < 1.29 is 9.90 Å². The molecule has 92 valence electrons. The van der Waals surface area contributed by atoms with Crippen LogP contribution in [0.1, 0.15) is 21.7 Å². The average molecular weight is 264 g/mol. The molecule has 0 aliphatic heterocycles. The Bertz CT molecular complexity index is 801. The molecule has 0 amide bonds. The highest BCUT2D eigenvalue weighted by Crippen LogP contribution is 2.26. The van der Waals surface area contributed by atoms with Gasteiger partial charge in [-0.3, -0.25) is 4.40 Å². The maximum atomic E-state index is 11.3. The average Bonchev–Trinajstić information content (AvgIpc) is 2.73. The molecule has 0 fully saturated rings. The van der Waals surface area contributed by atoms with Crippen LogP contribution in [0.3, 0.4) is 0 Å². The highest BCUT2D eigenvalue weighted by Gasteiger charge is 2.19. The number of carboxylic acids is 1. The van der Waals surface area contributed by atoms with Crippen molar-refractivity contribution in [1.29, 1.82) is 0 Å². The highest BCUT2D eigenvalue weighted by atomic mass is 35.5. The third-order valence-electron chi connectivity index (χ3n) is 3.00. The SMILES string of the molecule is Cc1[nH]c2nc3c(C)cc(Cl)cc3n2c1C(=O)O. The third-order valence-corrected chi connectivity index (χ3v) is 3.21. The molecule has 2 heterocycles. The number of carbonyl (C=O) groups is 1. The molecule has 0 unspecified atom stereocenters. The molecule has 0 saturated carbocycles. The first kappa shape index (κ1) is 11.1. The number of aryl methyl sites for hydroxylation is 2. The number of hydrogen-bond donors (Lipinski definition) is 2. The van der Waals surface area contributed by atoms with Gasteiger partial charge in [0.15, 0.2) is 5.69 Å². The molecule has 3 aromatic rings. The number of halogens is 1. The number of hydrogen-bond acceptors (Lipinski definition) is 2. The molecule has 5 nitrogen and oxygen atoms in total. The Kier molecular flexibility index (Phi) is 2.15. The Hall–Kier alpha value is -2.01. The summed E-state index contributed by atoms with van der Waals surface area (Å²) in [6, 6.07) is 3.53. The van der Waals surface area contributed by atoms with Crippen molar-refractivity contribution in [2.24, 2.45) is 0 Å². The lowest BCUT2D eigenvalue weighted by molar-refractivity contribution is 0.0689. The molecular formula is C12H10ClN3O2. The first-order valence-electron chi connectivity index (χ1n) is 5.39. The van der Waals surface area contributed by atoms with Gasteiger partial charge in [0.1, 0.15) is 0 Å². The van der Waals surface area contributed by atoms with Crippen LogP contribution in [0.5, 0.6) is 0 Å². The first-order valence-corrected chi connectivity index (χ1v) is 5.77. The Morgan fingerprint density at radius 2 is 2.17 bits per heavy atom. The first-order chi connectivity index (χ1) is 8.49. The van der Waals surface area contributed by atoms with Crippen molar-refractivity contribution in [2.75, 3.05) is 0 Å². The molecule has 2 N–H and O–H groups in total. The number of benzene rings is 1. The predicted molar refractivity (Wildman–Crippen MR) is 68.5 cm³/mol. The molecule has 2 aromatic heterocycles. The molecule has 0 aliphatic carbocycles. The largest absolute Gasteiger partial charge is 0.477 e. The molecular weight excluding hydrogens is 254 g/mol. The van der Waals surface area contributed by atoms with Gasteiger partial charge in [0.2, 0.25) is 5.78 Å². The fourth-order valence-electron chi connectivity index (χ4n) is 2.26. The van der Waals surface area contributed by atoms with Gasteiger partial charge in [-0.25, -0.2) is 9.78 Å². The van der Waals surface area contributed by atoms with E-state index >= 15 is 0 Å². The summed E-state index contributed by atoms with van der Waals surface area (Å²) in [7, 11) is 0. The maximum absolute atomic E-state index is 11.3. The number of fused-ring (bicyclic) bond motifs is 3. The van der Waals surface area contributed by atoms with Gasteiger partial charge >= 0.3 is 5.97 Å². The number of aromatic carboxylic acids is 1. The molecule has 0 atom stereocenters. The van der Waals surface area contributed by atoms with E-state index in [9.17, 15) is 9.90 Å². The van der Waals surface area contributed by atoms with Crippen molar-refractivity contribution in [2.45, 2.75) is 13.8 Å². The van der Waals surface area contributed by atoms with Gasteiger partial charge in [0, 0.05) is 10.7 Å². The summed E-state index contributed by atoms with van der Waals surface area (Å²) >= 11 is 6.02. The fourth-order valence-corrected chi connectivity index (χ4v) is 2.53. The molecule has 3 rings (SSSR count). The van der Waals surface area contributed by atoms with Crippen molar-refractivity contribution in [3.63, 3.8) is 0 Å². The quantitative estimate of drug-likeness (QED) is 0.709. The van der Waals surface area contributed by atoms with Gasteiger partial charge in [-0.2, -0.15) is 0 Å². The molecule has 1 aromatic carbocycles. The lowest BCUT2D eigenvalue weighted by atomic mass is 10.2. The Balaban J connectivity index is 2.57. The van der Waals surface area contributed by atoms with E-state index in [4.69, 9.17) is 11.6 Å². The minimum Gasteiger partial charge on any atom is -0.477 e. The van der Waals surface area contributed by atoms with E-state index in [2.05, 4.69) is 9.97 Å². The number of aromatic nitrogens is 3. The van der Waals surface area contributed by atoms with Crippen LogP contribution in [0, 0.1) is 13.8 Å². The van der Waals surface area contributed by atoms with Crippen LogP contribution in [0.2, 0.25) is 5.02 Å². The van der Waals surface area contributed by atoms with Crippen molar-refractivity contribution in [3.8, 4) is 0 Å². The summed E-state index contributed by atoms with van der Waals surface area (Å²) in [5, 5.41) is 9.83. The summed E-state index contributed by atoms with van der Waals surface area (Å²) in [6.45, 7) is 3.61. The van der Waals surface area contributed by atoms with Crippen LogP contribution < -0.4 is 0 Å². The van der Waals surface area contributed by atoms with Crippen molar-refractivity contribution in [3.05, 3.63) is 34.1 Å². The minimum absolute atomic E-state index is 0.189. The van der Waals surface area contributed by atoms with Crippen LogP contribution in [0.25, 0.3) is 16.8 Å². The number of rotatable bonds is 1. The van der Waals surface area contributed by atoms with E-state index in [0.717, 1.165) is 11.1 Å². The molecule has 0 spiro atoms. The molecule has 0 bridgehead atoms. The number of imidazole rings is 2. The van der Waals surface area contributed by atoms with Crippen molar-refractivity contribution >= 4 is 34.4 Å². The van der Waals surface area contributed by atoms with E-state index in [-0.39, 0.29) is 5.69 Å². The Morgan fingerprint density at radius 1 is 1.44 bits per heavy atom. The van der Waals surface area contributed by atoms with Crippen LogP contribution in [0.4, 0.5) is 0 Å². The van der Waals surface area contributed by atoms with Gasteiger partial charge in [-0.15, -0.1) is 0 Å². The molecule has 0 saturated heterocycles. The third kappa shape index (κ3) is 1.34. The van der Waals surface area contributed by atoms with Crippen molar-refractivity contribution in [1.82, 2.24) is 14.4 Å². The van der Waals surface area contributed by atoms with Gasteiger partial charge in [0.25, 0.3) is 0 Å². The second-order valence-electron chi connectivity index (χ2n) is 4.26.